The van der Waals surface area contributed by atoms with Gasteiger partial charge in [0.15, 0.2) is 5.82 Å². The summed E-state index contributed by atoms with van der Waals surface area (Å²) in [6.07, 6.45) is 4.21. The molecule has 1 aliphatic rings. The van der Waals surface area contributed by atoms with Crippen molar-refractivity contribution in [3.63, 3.8) is 0 Å². The van der Waals surface area contributed by atoms with Crippen molar-refractivity contribution in [1.82, 2.24) is 9.88 Å². The van der Waals surface area contributed by atoms with Gasteiger partial charge in [-0.05, 0) is 38.1 Å². The Morgan fingerprint density at radius 3 is 3.05 bits per heavy atom. The molecule has 0 aliphatic heterocycles. The van der Waals surface area contributed by atoms with Crippen LogP contribution in [-0.2, 0) is 0 Å². The van der Waals surface area contributed by atoms with E-state index in [2.05, 4.69) is 22.2 Å². The summed E-state index contributed by atoms with van der Waals surface area (Å²) in [5.41, 5.74) is 7.30. The van der Waals surface area contributed by atoms with Crippen molar-refractivity contribution in [1.29, 1.82) is 0 Å². The number of nitrogen functional groups attached to an aromatic ring is 1. The summed E-state index contributed by atoms with van der Waals surface area (Å²) in [6.45, 7) is 1.59. The Balaban J connectivity index is 1.79. The number of aromatic nitrogens is 1. The number of fused-ring (bicyclic) bond motifs is 1. The number of nitrogens with one attached hydrogen (secondary N) is 1. The molecule has 1 aromatic heterocycles. The van der Waals surface area contributed by atoms with Crippen molar-refractivity contribution in [2.45, 2.75) is 18.9 Å². The molecule has 0 radical (unpaired) electrons. The number of likely N-dealkylation sites (N-methyl/N-ethyl adjacent to an activating group) is 1. The second-order valence-corrected chi connectivity index (χ2v) is 5.36. The van der Waals surface area contributed by atoms with Crippen LogP contribution in [0.2, 0.25) is 0 Å². The number of hydrogen-bond acceptors (Lipinski definition) is 4. The van der Waals surface area contributed by atoms with Gasteiger partial charge in [0.05, 0.1) is 11.2 Å². The van der Waals surface area contributed by atoms with E-state index in [1.54, 1.807) is 12.3 Å². The van der Waals surface area contributed by atoms with E-state index in [4.69, 9.17) is 5.73 Å². The largest absolute Gasteiger partial charge is 0.398 e. The van der Waals surface area contributed by atoms with Crippen LogP contribution in [0.5, 0.6) is 0 Å². The van der Waals surface area contributed by atoms with Crippen LogP contribution < -0.4 is 11.1 Å². The quantitative estimate of drug-likeness (QED) is 0.822. The van der Waals surface area contributed by atoms with Crippen molar-refractivity contribution >= 4 is 22.3 Å². The SMILES string of the molecule is CN(CCNc1c(F)cc(N)c2cccnc12)C1CC1. The van der Waals surface area contributed by atoms with E-state index in [0.29, 0.717) is 29.5 Å². The minimum absolute atomic E-state index is 0.345. The van der Waals surface area contributed by atoms with E-state index in [1.165, 1.54) is 18.9 Å². The lowest BCUT2D eigenvalue weighted by atomic mass is 10.1. The molecule has 0 atom stereocenters. The van der Waals surface area contributed by atoms with Gasteiger partial charge in [0, 0.05) is 36.4 Å². The highest BCUT2D eigenvalue weighted by molar-refractivity contribution is 5.98. The number of nitrogens with zero attached hydrogens (tertiary/aromatic N) is 2. The molecule has 0 saturated heterocycles. The summed E-state index contributed by atoms with van der Waals surface area (Å²) < 4.78 is 14.1. The summed E-state index contributed by atoms with van der Waals surface area (Å²) >= 11 is 0. The number of anilines is 2. The molecule has 1 heterocycles. The predicted octanol–water partition coefficient (Wildman–Crippen LogP) is 2.46. The summed E-state index contributed by atoms with van der Waals surface area (Å²) in [4.78, 5) is 6.56. The molecule has 1 aliphatic carbocycles. The van der Waals surface area contributed by atoms with E-state index in [0.717, 1.165) is 11.9 Å². The van der Waals surface area contributed by atoms with E-state index >= 15 is 0 Å². The molecular formula is C15H19FN4. The van der Waals surface area contributed by atoms with Crippen molar-refractivity contribution in [3.05, 3.63) is 30.2 Å². The lowest BCUT2D eigenvalue weighted by Crippen LogP contribution is -2.27. The van der Waals surface area contributed by atoms with Crippen LogP contribution in [-0.4, -0.2) is 36.1 Å². The highest BCUT2D eigenvalue weighted by Crippen LogP contribution is 2.29. The molecule has 1 saturated carbocycles. The normalized spacial score (nSPS) is 14.9. The van der Waals surface area contributed by atoms with Crippen LogP contribution in [0.15, 0.2) is 24.4 Å². The van der Waals surface area contributed by atoms with Crippen molar-refractivity contribution in [2.75, 3.05) is 31.2 Å². The summed E-state index contributed by atoms with van der Waals surface area (Å²) in [5.74, 6) is -0.345. The predicted molar refractivity (Wildman–Crippen MR) is 80.3 cm³/mol. The number of pyridine rings is 1. The Morgan fingerprint density at radius 2 is 2.30 bits per heavy atom. The van der Waals surface area contributed by atoms with E-state index in [1.807, 2.05) is 6.07 Å². The fourth-order valence-corrected chi connectivity index (χ4v) is 2.46. The molecular weight excluding hydrogens is 255 g/mol. The number of hydrogen-bond donors (Lipinski definition) is 2. The molecule has 4 nitrogen and oxygen atoms in total. The molecule has 20 heavy (non-hydrogen) atoms. The molecule has 0 unspecified atom stereocenters. The van der Waals surface area contributed by atoms with Crippen LogP contribution >= 0.6 is 0 Å². The maximum absolute atomic E-state index is 14.1. The highest BCUT2D eigenvalue weighted by Gasteiger charge is 2.25. The van der Waals surface area contributed by atoms with E-state index in [9.17, 15) is 4.39 Å². The third kappa shape index (κ3) is 2.54. The summed E-state index contributed by atoms with van der Waals surface area (Å²) in [7, 11) is 2.11. The first kappa shape index (κ1) is 13.1. The Morgan fingerprint density at radius 1 is 1.50 bits per heavy atom. The number of nitrogens with two attached hydrogens (primary N) is 1. The van der Waals surface area contributed by atoms with Gasteiger partial charge in [-0.25, -0.2) is 4.39 Å². The third-order valence-corrected chi connectivity index (χ3v) is 3.81. The zero-order valence-electron chi connectivity index (χ0n) is 11.6. The maximum Gasteiger partial charge on any atom is 0.150 e. The first-order chi connectivity index (χ1) is 9.66. The average Bonchev–Trinajstić information content (AvgIpc) is 3.27. The minimum Gasteiger partial charge on any atom is -0.398 e. The zero-order valence-corrected chi connectivity index (χ0v) is 11.6. The first-order valence-electron chi connectivity index (χ1n) is 6.93. The molecule has 0 bridgehead atoms. The zero-order chi connectivity index (χ0) is 14.1. The molecule has 5 heteroatoms. The molecule has 106 valence electrons. The lowest BCUT2D eigenvalue weighted by molar-refractivity contribution is 0.337. The fourth-order valence-electron chi connectivity index (χ4n) is 2.46. The van der Waals surface area contributed by atoms with Crippen molar-refractivity contribution in [2.24, 2.45) is 0 Å². The number of rotatable bonds is 5. The molecule has 3 rings (SSSR count). The van der Waals surface area contributed by atoms with Gasteiger partial charge >= 0.3 is 0 Å². The van der Waals surface area contributed by atoms with Crippen molar-refractivity contribution < 1.29 is 4.39 Å². The molecule has 2 aromatic rings. The van der Waals surface area contributed by atoms with Gasteiger partial charge in [-0.2, -0.15) is 0 Å². The Hall–Kier alpha value is -1.88. The smallest absolute Gasteiger partial charge is 0.150 e. The highest BCUT2D eigenvalue weighted by atomic mass is 19.1. The van der Waals surface area contributed by atoms with Crippen LogP contribution in [0, 0.1) is 5.82 Å². The van der Waals surface area contributed by atoms with Gasteiger partial charge in [0.25, 0.3) is 0 Å². The van der Waals surface area contributed by atoms with Crippen LogP contribution in [0.4, 0.5) is 15.8 Å². The summed E-state index contributed by atoms with van der Waals surface area (Å²) in [5, 5.41) is 3.95. The molecule has 1 aromatic carbocycles. The van der Waals surface area contributed by atoms with Crippen LogP contribution in [0.1, 0.15) is 12.8 Å². The fraction of sp³-hybridized carbons (Fsp3) is 0.400. The van der Waals surface area contributed by atoms with Gasteiger partial charge in [0.1, 0.15) is 0 Å². The van der Waals surface area contributed by atoms with E-state index < -0.39 is 0 Å². The van der Waals surface area contributed by atoms with Gasteiger partial charge in [-0.15, -0.1) is 0 Å². The number of halogens is 1. The average molecular weight is 274 g/mol. The summed E-state index contributed by atoms with van der Waals surface area (Å²) in [6, 6.07) is 5.74. The van der Waals surface area contributed by atoms with Crippen LogP contribution in [0.3, 0.4) is 0 Å². The Kier molecular flexibility index (Phi) is 3.44. The Bertz CT molecular complexity index is 625. The molecule has 0 spiro atoms. The third-order valence-electron chi connectivity index (χ3n) is 3.81. The van der Waals surface area contributed by atoms with Crippen molar-refractivity contribution in [3.8, 4) is 0 Å². The number of benzene rings is 1. The van der Waals surface area contributed by atoms with Gasteiger partial charge in [-0.3, -0.25) is 4.98 Å². The molecule has 1 fully saturated rings. The molecule has 0 amide bonds. The second kappa shape index (κ2) is 5.25. The maximum atomic E-state index is 14.1. The minimum atomic E-state index is -0.345. The van der Waals surface area contributed by atoms with Gasteiger partial charge in [0.2, 0.25) is 0 Å². The Labute approximate surface area is 117 Å². The lowest BCUT2D eigenvalue weighted by Gasteiger charge is -2.17. The second-order valence-electron chi connectivity index (χ2n) is 5.36. The standard InChI is InChI=1S/C15H19FN4/c1-20(10-4-5-10)8-7-19-15-12(16)9-13(17)11-3-2-6-18-14(11)15/h2-3,6,9-10,19H,4-5,7-8,17H2,1H3. The molecule has 3 N–H and O–H groups in total. The van der Waals surface area contributed by atoms with Gasteiger partial charge in [-0.1, -0.05) is 0 Å². The topological polar surface area (TPSA) is 54.2 Å². The first-order valence-corrected chi connectivity index (χ1v) is 6.93. The monoisotopic (exact) mass is 274 g/mol. The van der Waals surface area contributed by atoms with Crippen LogP contribution in [0.25, 0.3) is 10.9 Å². The van der Waals surface area contributed by atoms with E-state index in [-0.39, 0.29) is 5.82 Å². The van der Waals surface area contributed by atoms with Gasteiger partial charge < -0.3 is 16.0 Å².